The van der Waals surface area contributed by atoms with E-state index in [2.05, 4.69) is 6.58 Å². The fourth-order valence-electron chi connectivity index (χ4n) is 3.61. The largest absolute Gasteiger partial charge is 0.370 e. The Morgan fingerprint density at radius 3 is 1.97 bits per heavy atom. The van der Waals surface area contributed by atoms with Crippen molar-refractivity contribution in [3.05, 3.63) is 83.9 Å². The Labute approximate surface area is 179 Å². The van der Waals surface area contributed by atoms with Gasteiger partial charge in [-0.3, -0.25) is 0 Å². The molecule has 1 heterocycles. The van der Waals surface area contributed by atoms with E-state index >= 15 is 0 Å². The fraction of sp³-hybridized carbons (Fsp3) is 0.417. The first-order valence-electron chi connectivity index (χ1n) is 10.2. The third-order valence-electron chi connectivity index (χ3n) is 5.05. The van der Waals surface area contributed by atoms with E-state index in [0.717, 1.165) is 11.1 Å². The van der Waals surface area contributed by atoms with Gasteiger partial charge in [0, 0.05) is 5.92 Å². The summed E-state index contributed by atoms with van der Waals surface area (Å²) in [6, 6.07) is 19.5. The highest BCUT2D eigenvalue weighted by molar-refractivity contribution is 7.92. The quantitative estimate of drug-likeness (QED) is 0.560. The number of ether oxygens (including phenoxy) is 3. The van der Waals surface area contributed by atoms with Crippen LogP contribution in [-0.4, -0.2) is 38.4 Å². The molecule has 3 rings (SSSR count). The predicted molar refractivity (Wildman–Crippen MR) is 118 cm³/mol. The molecule has 0 spiro atoms. The summed E-state index contributed by atoms with van der Waals surface area (Å²) in [5.74, 6) is -0.145. The lowest BCUT2D eigenvalue weighted by atomic mass is 9.97. The van der Waals surface area contributed by atoms with E-state index in [9.17, 15) is 8.42 Å². The number of hydrogen-bond donors (Lipinski definition) is 0. The molecule has 4 atom stereocenters. The maximum atomic E-state index is 13.0. The Kier molecular flexibility index (Phi) is 7.83. The van der Waals surface area contributed by atoms with Gasteiger partial charge < -0.3 is 14.2 Å². The predicted octanol–water partition coefficient (Wildman–Crippen LogP) is 4.14. The molecular formula is C24H30O5S. The average molecular weight is 431 g/mol. The lowest BCUT2D eigenvalue weighted by molar-refractivity contribution is -0.183. The van der Waals surface area contributed by atoms with E-state index in [1.165, 1.54) is 0 Å². The topological polar surface area (TPSA) is 61.8 Å². The van der Waals surface area contributed by atoms with E-state index in [1.807, 2.05) is 67.6 Å². The molecule has 0 N–H and O–H groups in total. The van der Waals surface area contributed by atoms with Gasteiger partial charge in [-0.1, -0.05) is 79.7 Å². The summed E-state index contributed by atoms with van der Waals surface area (Å²) >= 11 is 0. The second-order valence-corrected chi connectivity index (χ2v) is 10.0. The number of hydrogen-bond acceptors (Lipinski definition) is 5. The molecule has 162 valence electrons. The summed E-state index contributed by atoms with van der Waals surface area (Å²) in [5, 5.41) is 0. The Morgan fingerprint density at radius 2 is 1.47 bits per heavy atom. The molecule has 0 radical (unpaired) electrons. The highest BCUT2D eigenvalue weighted by Gasteiger charge is 2.46. The van der Waals surface area contributed by atoms with Crippen LogP contribution in [-0.2, 0) is 37.3 Å². The molecule has 1 aliphatic heterocycles. The summed E-state index contributed by atoms with van der Waals surface area (Å²) in [6.45, 7) is 8.42. The Balaban J connectivity index is 1.82. The van der Waals surface area contributed by atoms with Crippen molar-refractivity contribution < 1.29 is 22.6 Å². The summed E-state index contributed by atoms with van der Waals surface area (Å²) in [4.78, 5) is 0. The Hall–Kier alpha value is -1.99. The standard InChI is InChI=1S/C24H30O5S/c1-18(2)17-30(25,26)24-23(28-16-21-12-8-5-9-13-21)22(19(3)14-29-24)27-15-20-10-6-4-7-11-20/h4-13,19,22-24H,1,14-17H2,2-3H3. The van der Waals surface area contributed by atoms with Crippen LogP contribution in [0.1, 0.15) is 25.0 Å². The van der Waals surface area contributed by atoms with Crippen LogP contribution >= 0.6 is 0 Å². The normalized spacial score (nSPS) is 24.5. The number of sulfone groups is 1. The van der Waals surface area contributed by atoms with Crippen molar-refractivity contribution in [2.75, 3.05) is 12.4 Å². The van der Waals surface area contributed by atoms with Gasteiger partial charge in [0.05, 0.1) is 31.7 Å². The lowest BCUT2D eigenvalue weighted by Gasteiger charge is -2.41. The van der Waals surface area contributed by atoms with Crippen LogP contribution < -0.4 is 0 Å². The van der Waals surface area contributed by atoms with E-state index < -0.39 is 27.5 Å². The number of rotatable bonds is 9. The van der Waals surface area contributed by atoms with Crippen LogP contribution in [0.15, 0.2) is 72.8 Å². The zero-order valence-electron chi connectivity index (χ0n) is 17.6. The second kappa shape index (κ2) is 10.4. The van der Waals surface area contributed by atoms with Gasteiger partial charge in [0.15, 0.2) is 15.3 Å². The third-order valence-corrected chi connectivity index (χ3v) is 7.06. The molecule has 6 heteroatoms. The first kappa shape index (κ1) is 22.7. The summed E-state index contributed by atoms with van der Waals surface area (Å²) in [7, 11) is -3.60. The van der Waals surface area contributed by atoms with Gasteiger partial charge in [-0.25, -0.2) is 8.42 Å². The SMILES string of the molecule is C=C(C)CS(=O)(=O)C1OCC(C)C(OCc2ccccc2)C1OCc1ccccc1. The smallest absolute Gasteiger partial charge is 0.187 e. The minimum Gasteiger partial charge on any atom is -0.370 e. The molecule has 1 aliphatic rings. The van der Waals surface area contributed by atoms with Crippen LogP contribution in [0, 0.1) is 5.92 Å². The van der Waals surface area contributed by atoms with Gasteiger partial charge in [0.25, 0.3) is 0 Å². The van der Waals surface area contributed by atoms with Crippen molar-refractivity contribution in [3.8, 4) is 0 Å². The molecule has 2 aromatic rings. The van der Waals surface area contributed by atoms with Crippen LogP contribution in [0.25, 0.3) is 0 Å². The molecule has 1 fully saturated rings. The fourth-order valence-corrected chi connectivity index (χ4v) is 5.39. The molecule has 0 aromatic heterocycles. The second-order valence-electron chi connectivity index (χ2n) is 7.97. The minimum absolute atomic E-state index is 0.00855. The first-order valence-corrected chi connectivity index (χ1v) is 11.9. The molecule has 0 bridgehead atoms. The molecule has 0 saturated carbocycles. The maximum absolute atomic E-state index is 13.0. The van der Waals surface area contributed by atoms with Gasteiger partial charge in [0.2, 0.25) is 0 Å². The van der Waals surface area contributed by atoms with E-state index in [0.29, 0.717) is 18.8 Å². The first-order chi connectivity index (χ1) is 14.4. The van der Waals surface area contributed by atoms with Gasteiger partial charge in [0.1, 0.15) is 6.10 Å². The van der Waals surface area contributed by atoms with Crippen LogP contribution in [0.4, 0.5) is 0 Å². The van der Waals surface area contributed by atoms with E-state index in [-0.39, 0.29) is 18.3 Å². The summed E-state index contributed by atoms with van der Waals surface area (Å²) in [5.41, 5.74) is 1.48. The summed E-state index contributed by atoms with van der Waals surface area (Å²) in [6.07, 6.45) is -1.14. The van der Waals surface area contributed by atoms with Gasteiger partial charge in [-0.2, -0.15) is 0 Å². The molecule has 0 aliphatic carbocycles. The van der Waals surface area contributed by atoms with Crippen molar-refractivity contribution in [2.24, 2.45) is 5.92 Å². The molecular weight excluding hydrogens is 400 g/mol. The molecule has 4 unspecified atom stereocenters. The van der Waals surface area contributed by atoms with Crippen molar-refractivity contribution in [1.29, 1.82) is 0 Å². The highest BCUT2D eigenvalue weighted by atomic mass is 32.2. The van der Waals surface area contributed by atoms with Crippen molar-refractivity contribution in [2.45, 2.75) is 44.7 Å². The van der Waals surface area contributed by atoms with E-state index in [1.54, 1.807) is 6.92 Å². The van der Waals surface area contributed by atoms with Gasteiger partial charge in [-0.05, 0) is 18.1 Å². The number of benzene rings is 2. The molecule has 5 nitrogen and oxygen atoms in total. The van der Waals surface area contributed by atoms with E-state index in [4.69, 9.17) is 14.2 Å². The molecule has 1 saturated heterocycles. The zero-order chi connectivity index (χ0) is 21.6. The van der Waals surface area contributed by atoms with Crippen LogP contribution in [0.3, 0.4) is 0 Å². The monoisotopic (exact) mass is 430 g/mol. The maximum Gasteiger partial charge on any atom is 0.187 e. The highest BCUT2D eigenvalue weighted by Crippen LogP contribution is 2.30. The lowest BCUT2D eigenvalue weighted by Crippen LogP contribution is -2.55. The van der Waals surface area contributed by atoms with Gasteiger partial charge in [-0.15, -0.1) is 0 Å². The van der Waals surface area contributed by atoms with Crippen LogP contribution in [0.2, 0.25) is 0 Å². The Bertz CT molecular complexity index is 911. The Morgan fingerprint density at radius 1 is 0.967 bits per heavy atom. The third kappa shape index (κ3) is 6.01. The minimum atomic E-state index is -3.60. The van der Waals surface area contributed by atoms with Gasteiger partial charge >= 0.3 is 0 Å². The van der Waals surface area contributed by atoms with Crippen LogP contribution in [0.5, 0.6) is 0 Å². The van der Waals surface area contributed by atoms with Crippen molar-refractivity contribution in [1.82, 2.24) is 0 Å². The van der Waals surface area contributed by atoms with Crippen molar-refractivity contribution >= 4 is 9.84 Å². The molecule has 0 amide bonds. The average Bonchev–Trinajstić information content (AvgIpc) is 2.72. The molecule has 2 aromatic carbocycles. The summed E-state index contributed by atoms with van der Waals surface area (Å²) < 4.78 is 44.2. The molecule has 30 heavy (non-hydrogen) atoms. The zero-order valence-corrected chi connectivity index (χ0v) is 18.4. The van der Waals surface area contributed by atoms with Crippen molar-refractivity contribution in [3.63, 3.8) is 0 Å².